The van der Waals surface area contributed by atoms with Gasteiger partial charge in [-0.2, -0.15) is 13.2 Å². The van der Waals surface area contributed by atoms with Gasteiger partial charge in [-0.1, -0.05) is 0 Å². The predicted octanol–water partition coefficient (Wildman–Crippen LogP) is 2.40. The van der Waals surface area contributed by atoms with Gasteiger partial charge in [0.15, 0.2) is 11.6 Å². The minimum atomic E-state index is -4.66. The van der Waals surface area contributed by atoms with Crippen LogP contribution in [0, 0.1) is 0 Å². The molecule has 0 radical (unpaired) electrons. The van der Waals surface area contributed by atoms with E-state index in [1.165, 1.54) is 19.2 Å². The number of pyridine rings is 1. The summed E-state index contributed by atoms with van der Waals surface area (Å²) in [6.45, 7) is 0. The molecule has 0 amide bonds. The van der Waals surface area contributed by atoms with E-state index in [0.717, 1.165) is 0 Å². The third-order valence-electron chi connectivity index (χ3n) is 1.55. The van der Waals surface area contributed by atoms with Gasteiger partial charge in [-0.3, -0.25) is 0 Å². The molecule has 0 saturated carbocycles. The van der Waals surface area contributed by atoms with Crippen LogP contribution in [0.1, 0.15) is 0 Å². The number of rotatable bonds is 2. The molecule has 0 unspecified atom stereocenters. The molecule has 0 aliphatic heterocycles. The van der Waals surface area contributed by atoms with Crippen molar-refractivity contribution < 1.29 is 17.9 Å². The van der Waals surface area contributed by atoms with Crippen molar-refractivity contribution >= 4 is 27.6 Å². The van der Waals surface area contributed by atoms with Crippen LogP contribution in [0.15, 0.2) is 21.7 Å². The van der Waals surface area contributed by atoms with Crippen molar-refractivity contribution in [3.05, 3.63) is 16.7 Å². The van der Waals surface area contributed by atoms with Crippen molar-refractivity contribution in [2.45, 2.75) is 6.18 Å². The normalized spacial score (nSPS) is 12.7. The van der Waals surface area contributed by atoms with Gasteiger partial charge in [0, 0.05) is 0 Å². The Labute approximate surface area is 97.5 Å². The summed E-state index contributed by atoms with van der Waals surface area (Å²) in [5.41, 5.74) is 4.74. The van der Waals surface area contributed by atoms with Gasteiger partial charge >= 0.3 is 6.18 Å². The van der Waals surface area contributed by atoms with Crippen molar-refractivity contribution in [1.82, 2.24) is 4.98 Å². The highest BCUT2D eigenvalue weighted by molar-refractivity contribution is 9.10. The van der Waals surface area contributed by atoms with Crippen molar-refractivity contribution in [2.24, 2.45) is 10.7 Å². The molecule has 8 heteroatoms. The number of aliphatic imine (C=N–C) groups is 1. The number of ether oxygens (including phenoxy) is 1. The van der Waals surface area contributed by atoms with Crippen LogP contribution < -0.4 is 10.5 Å². The van der Waals surface area contributed by atoms with E-state index in [1.807, 2.05) is 0 Å². The molecule has 2 N–H and O–H groups in total. The fourth-order valence-corrected chi connectivity index (χ4v) is 1.29. The first-order valence-corrected chi connectivity index (χ1v) is 4.76. The number of nitrogens with zero attached hydrogens (tertiary/aromatic N) is 2. The van der Waals surface area contributed by atoms with Gasteiger partial charge in [-0.25, -0.2) is 9.98 Å². The van der Waals surface area contributed by atoms with E-state index in [4.69, 9.17) is 10.5 Å². The number of hydrogen-bond acceptors (Lipinski definition) is 3. The highest BCUT2D eigenvalue weighted by Gasteiger charge is 2.33. The molecule has 88 valence electrons. The Morgan fingerprint density at radius 3 is 2.56 bits per heavy atom. The molecule has 0 aliphatic rings. The first-order valence-electron chi connectivity index (χ1n) is 3.96. The standard InChI is InChI=1S/C8H7BrF3N3O/c1-16-4-2-3-5(14-6(4)9)15-7(13)8(10,11)12/h2-3H,1H3,(H2,13,14,15). The molecule has 1 aromatic heterocycles. The Bertz CT molecular complexity index is 419. The number of nitrogens with two attached hydrogens (primary N) is 1. The summed E-state index contributed by atoms with van der Waals surface area (Å²) in [5.74, 6) is -1.20. The Kier molecular flexibility index (Phi) is 3.74. The van der Waals surface area contributed by atoms with Gasteiger partial charge in [0.1, 0.15) is 4.60 Å². The van der Waals surface area contributed by atoms with Gasteiger partial charge in [0.05, 0.1) is 7.11 Å². The topological polar surface area (TPSA) is 60.5 Å². The number of aromatic nitrogens is 1. The second kappa shape index (κ2) is 4.69. The first kappa shape index (κ1) is 12.8. The molecule has 0 bridgehead atoms. The van der Waals surface area contributed by atoms with Crippen LogP contribution in [0.5, 0.6) is 5.75 Å². The van der Waals surface area contributed by atoms with Gasteiger partial charge < -0.3 is 10.5 Å². The summed E-state index contributed by atoms with van der Waals surface area (Å²) in [6, 6.07) is 2.70. The molecule has 0 aromatic carbocycles. The molecule has 4 nitrogen and oxygen atoms in total. The van der Waals surface area contributed by atoms with Crippen molar-refractivity contribution in [3.8, 4) is 5.75 Å². The maximum Gasteiger partial charge on any atom is 0.449 e. The molecule has 0 spiro atoms. The molecule has 0 atom stereocenters. The molecule has 0 aliphatic carbocycles. The van der Waals surface area contributed by atoms with Crippen molar-refractivity contribution in [1.29, 1.82) is 0 Å². The lowest BCUT2D eigenvalue weighted by Crippen LogP contribution is -2.30. The number of halogens is 4. The number of amidine groups is 1. The van der Waals surface area contributed by atoms with Gasteiger partial charge in [0.2, 0.25) is 5.84 Å². The van der Waals surface area contributed by atoms with Crippen molar-refractivity contribution in [3.63, 3.8) is 0 Å². The summed E-state index contributed by atoms with van der Waals surface area (Å²) in [5, 5.41) is 0. The Balaban J connectivity index is 3.04. The van der Waals surface area contributed by atoms with Crippen LogP contribution in [0.2, 0.25) is 0 Å². The quantitative estimate of drug-likeness (QED) is 0.518. The van der Waals surface area contributed by atoms with Crippen LogP contribution in [0.25, 0.3) is 0 Å². The SMILES string of the molecule is COc1ccc(N=C(N)C(F)(F)F)nc1Br. The van der Waals surface area contributed by atoms with Crippen LogP contribution >= 0.6 is 15.9 Å². The smallest absolute Gasteiger partial charge is 0.449 e. The minimum Gasteiger partial charge on any atom is -0.494 e. The highest BCUT2D eigenvalue weighted by Crippen LogP contribution is 2.26. The molecular weight excluding hydrogens is 291 g/mol. The summed E-state index contributed by atoms with van der Waals surface area (Å²) in [7, 11) is 1.41. The number of methoxy groups -OCH3 is 1. The maximum absolute atomic E-state index is 12.1. The largest absolute Gasteiger partial charge is 0.494 e. The van der Waals surface area contributed by atoms with E-state index in [9.17, 15) is 13.2 Å². The summed E-state index contributed by atoms with van der Waals surface area (Å²) in [6.07, 6.45) is -4.66. The highest BCUT2D eigenvalue weighted by atomic mass is 79.9. The third kappa shape index (κ3) is 3.09. The molecule has 1 rings (SSSR count). The lowest BCUT2D eigenvalue weighted by atomic mass is 10.4. The summed E-state index contributed by atoms with van der Waals surface area (Å²) in [4.78, 5) is 6.86. The average molecular weight is 298 g/mol. The van der Waals surface area contributed by atoms with Crippen LogP contribution in [0.3, 0.4) is 0 Å². The monoisotopic (exact) mass is 297 g/mol. The van der Waals surface area contributed by atoms with E-state index in [1.54, 1.807) is 0 Å². The van der Waals surface area contributed by atoms with Crippen LogP contribution in [-0.2, 0) is 0 Å². The molecule has 0 saturated heterocycles. The van der Waals surface area contributed by atoms with E-state index >= 15 is 0 Å². The van der Waals surface area contributed by atoms with Crippen molar-refractivity contribution in [2.75, 3.05) is 7.11 Å². The van der Waals surface area contributed by atoms with E-state index in [2.05, 4.69) is 25.9 Å². The Morgan fingerprint density at radius 2 is 2.12 bits per heavy atom. The lowest BCUT2D eigenvalue weighted by molar-refractivity contribution is -0.0598. The molecule has 0 fully saturated rings. The zero-order valence-corrected chi connectivity index (χ0v) is 9.63. The van der Waals surface area contributed by atoms with Crippen LogP contribution in [-0.4, -0.2) is 24.1 Å². The Morgan fingerprint density at radius 1 is 1.50 bits per heavy atom. The Hall–Kier alpha value is -1.31. The summed E-state index contributed by atoms with van der Waals surface area (Å²) >= 11 is 3.02. The lowest BCUT2D eigenvalue weighted by Gasteiger charge is -2.05. The molecular formula is C8H7BrF3N3O. The number of hydrogen-bond donors (Lipinski definition) is 1. The summed E-state index contributed by atoms with van der Waals surface area (Å²) < 4.78 is 41.3. The van der Waals surface area contributed by atoms with E-state index in [0.29, 0.717) is 5.75 Å². The second-order valence-electron chi connectivity index (χ2n) is 2.66. The van der Waals surface area contributed by atoms with E-state index in [-0.39, 0.29) is 10.4 Å². The van der Waals surface area contributed by atoms with Gasteiger partial charge in [0.25, 0.3) is 0 Å². The third-order valence-corrected chi connectivity index (χ3v) is 2.11. The predicted molar refractivity (Wildman–Crippen MR) is 55.8 cm³/mol. The fourth-order valence-electron chi connectivity index (χ4n) is 0.813. The van der Waals surface area contributed by atoms with Crippen LogP contribution in [0.4, 0.5) is 19.0 Å². The molecule has 1 aromatic rings. The molecule has 16 heavy (non-hydrogen) atoms. The number of alkyl halides is 3. The second-order valence-corrected chi connectivity index (χ2v) is 3.41. The zero-order chi connectivity index (χ0) is 12.3. The average Bonchev–Trinajstić information content (AvgIpc) is 2.16. The fraction of sp³-hybridized carbons (Fsp3) is 0.250. The molecule has 1 heterocycles. The first-order chi connectivity index (χ1) is 7.34. The maximum atomic E-state index is 12.1. The zero-order valence-electron chi connectivity index (χ0n) is 8.05. The van der Waals surface area contributed by atoms with E-state index < -0.39 is 12.0 Å². The minimum absolute atomic E-state index is 0.150. The van der Waals surface area contributed by atoms with Gasteiger partial charge in [-0.05, 0) is 28.1 Å². The van der Waals surface area contributed by atoms with Gasteiger partial charge in [-0.15, -0.1) is 0 Å².